The molecule has 0 aliphatic heterocycles. The van der Waals surface area contributed by atoms with Crippen LogP contribution in [0.4, 0.5) is 0 Å². The van der Waals surface area contributed by atoms with Gasteiger partial charge in [-0.15, -0.1) is 0 Å². The molecule has 0 saturated heterocycles. The Balaban J connectivity index is 2.44. The van der Waals surface area contributed by atoms with Crippen LogP contribution >= 0.6 is 0 Å². The van der Waals surface area contributed by atoms with Gasteiger partial charge in [0.2, 0.25) is 0 Å². The van der Waals surface area contributed by atoms with Gasteiger partial charge in [0, 0.05) is 11.8 Å². The molecule has 1 rings (SSSR count). The first-order valence-electron chi connectivity index (χ1n) is 4.62. The third kappa shape index (κ3) is 3.71. The Kier molecular flexibility index (Phi) is 4.20. The number of nitrogens with zero attached hydrogens (tertiary/aromatic N) is 1. The maximum atomic E-state index is 8.66. The second kappa shape index (κ2) is 5.68. The molecule has 1 aromatic carbocycles. The van der Waals surface area contributed by atoms with E-state index in [-0.39, 0.29) is 0 Å². The summed E-state index contributed by atoms with van der Waals surface area (Å²) >= 11 is 0. The van der Waals surface area contributed by atoms with Gasteiger partial charge < -0.3 is 4.84 Å². The molecule has 0 aliphatic carbocycles. The lowest BCUT2D eigenvalue weighted by Gasteiger charge is -2.09. The summed E-state index contributed by atoms with van der Waals surface area (Å²) in [7, 11) is 0. The zero-order valence-corrected chi connectivity index (χ0v) is 8.58. The summed E-state index contributed by atoms with van der Waals surface area (Å²) in [6.07, 6.45) is 0.814. The number of hydrogen-bond acceptors (Lipinski definition) is 4. The molecule has 0 aliphatic rings. The minimum atomic E-state index is 0.559. The number of benzene rings is 1. The Bertz CT molecular complexity index is 382. The molecule has 1 aromatic rings. The van der Waals surface area contributed by atoms with Crippen molar-refractivity contribution in [1.82, 2.24) is 11.0 Å². The molecule has 2 N–H and O–H groups in total. The van der Waals surface area contributed by atoms with E-state index in [1.807, 2.05) is 13.0 Å². The summed E-state index contributed by atoms with van der Waals surface area (Å²) in [6.45, 7) is 5.71. The number of hydrogen-bond donors (Lipinski definition) is 2. The fourth-order valence-corrected chi connectivity index (χ4v) is 0.874. The maximum absolute atomic E-state index is 8.66. The van der Waals surface area contributed by atoms with E-state index in [0.717, 1.165) is 12.1 Å². The van der Waals surface area contributed by atoms with Crippen LogP contribution in [0.3, 0.4) is 0 Å². The molecule has 0 heterocycles. The lowest BCUT2D eigenvalue weighted by Crippen LogP contribution is -2.33. The van der Waals surface area contributed by atoms with Gasteiger partial charge in [-0.3, -0.25) is 5.43 Å². The zero-order valence-electron chi connectivity index (χ0n) is 8.58. The monoisotopic (exact) mass is 203 g/mol. The SMILES string of the molecule is C=C(CC)NNOc1cccc(C#N)c1. The van der Waals surface area contributed by atoms with Crippen LogP contribution < -0.4 is 15.9 Å². The molecule has 0 amide bonds. The molecule has 0 saturated carbocycles. The Labute approximate surface area is 89.1 Å². The first-order valence-corrected chi connectivity index (χ1v) is 4.62. The van der Waals surface area contributed by atoms with Crippen LogP contribution in [0.5, 0.6) is 5.75 Å². The molecule has 0 fully saturated rings. The molecule has 15 heavy (non-hydrogen) atoms. The lowest BCUT2D eigenvalue weighted by atomic mass is 10.2. The van der Waals surface area contributed by atoms with Gasteiger partial charge in [-0.25, -0.2) is 0 Å². The van der Waals surface area contributed by atoms with E-state index in [0.29, 0.717) is 11.3 Å². The molecule has 0 bridgehead atoms. The molecule has 0 aromatic heterocycles. The first kappa shape index (κ1) is 11.1. The van der Waals surface area contributed by atoms with Gasteiger partial charge in [0.1, 0.15) is 0 Å². The predicted octanol–water partition coefficient (Wildman–Crippen LogP) is 1.87. The second-order valence-electron chi connectivity index (χ2n) is 2.93. The molecule has 0 unspecified atom stereocenters. The maximum Gasteiger partial charge on any atom is 0.150 e. The third-order valence-electron chi connectivity index (χ3n) is 1.79. The Morgan fingerprint density at radius 1 is 1.60 bits per heavy atom. The quantitative estimate of drug-likeness (QED) is 0.717. The minimum Gasteiger partial charge on any atom is -0.389 e. The van der Waals surface area contributed by atoms with Gasteiger partial charge in [-0.2, -0.15) is 5.26 Å². The Morgan fingerprint density at radius 2 is 2.40 bits per heavy atom. The van der Waals surface area contributed by atoms with Crippen molar-refractivity contribution in [2.24, 2.45) is 0 Å². The molecule has 0 spiro atoms. The Hall–Kier alpha value is -1.99. The van der Waals surface area contributed by atoms with Gasteiger partial charge in [0.15, 0.2) is 5.75 Å². The largest absolute Gasteiger partial charge is 0.389 e. The van der Waals surface area contributed by atoms with E-state index in [4.69, 9.17) is 10.1 Å². The third-order valence-corrected chi connectivity index (χ3v) is 1.79. The highest BCUT2D eigenvalue weighted by molar-refractivity contribution is 5.35. The van der Waals surface area contributed by atoms with E-state index >= 15 is 0 Å². The van der Waals surface area contributed by atoms with Crippen LogP contribution in [-0.2, 0) is 0 Å². The van der Waals surface area contributed by atoms with E-state index in [1.165, 1.54) is 0 Å². The molecular formula is C11H13N3O. The topological polar surface area (TPSA) is 57.1 Å². The van der Waals surface area contributed by atoms with Crippen LogP contribution in [0, 0.1) is 11.3 Å². The van der Waals surface area contributed by atoms with E-state index < -0.39 is 0 Å². The minimum absolute atomic E-state index is 0.559. The van der Waals surface area contributed by atoms with E-state index in [9.17, 15) is 0 Å². The molecule has 0 atom stereocenters. The Morgan fingerprint density at radius 3 is 3.07 bits per heavy atom. The first-order chi connectivity index (χ1) is 7.26. The fourth-order valence-electron chi connectivity index (χ4n) is 0.874. The molecule has 78 valence electrons. The van der Waals surface area contributed by atoms with Crippen molar-refractivity contribution in [3.05, 3.63) is 42.1 Å². The van der Waals surface area contributed by atoms with E-state index in [2.05, 4.69) is 17.6 Å². The van der Waals surface area contributed by atoms with Crippen LogP contribution in [0.25, 0.3) is 0 Å². The number of allylic oxidation sites excluding steroid dienone is 1. The number of rotatable bonds is 5. The van der Waals surface area contributed by atoms with E-state index in [1.54, 1.807) is 24.3 Å². The summed E-state index contributed by atoms with van der Waals surface area (Å²) in [4.78, 5) is 5.15. The molecular weight excluding hydrogens is 190 g/mol. The highest BCUT2D eigenvalue weighted by Gasteiger charge is 1.95. The van der Waals surface area contributed by atoms with Crippen molar-refractivity contribution in [2.75, 3.05) is 0 Å². The number of nitrogens with one attached hydrogen (secondary N) is 2. The fraction of sp³-hybridized carbons (Fsp3) is 0.182. The zero-order chi connectivity index (χ0) is 11.1. The summed E-state index contributed by atoms with van der Waals surface area (Å²) in [5.74, 6) is 0.574. The summed E-state index contributed by atoms with van der Waals surface area (Å²) in [5, 5.41) is 8.66. The molecule has 0 radical (unpaired) electrons. The van der Waals surface area contributed by atoms with Crippen molar-refractivity contribution in [1.29, 1.82) is 5.26 Å². The van der Waals surface area contributed by atoms with Crippen molar-refractivity contribution in [3.8, 4) is 11.8 Å². The predicted molar refractivity (Wildman–Crippen MR) is 57.5 cm³/mol. The van der Waals surface area contributed by atoms with Gasteiger partial charge >= 0.3 is 0 Å². The standard InChI is InChI=1S/C11H13N3O/c1-3-9(2)13-14-15-11-6-4-5-10(7-11)8-12/h4-7,13-14H,2-3H2,1H3. The number of nitriles is 1. The van der Waals surface area contributed by atoms with Crippen molar-refractivity contribution < 1.29 is 4.84 Å². The van der Waals surface area contributed by atoms with Gasteiger partial charge in [-0.05, 0) is 18.6 Å². The highest BCUT2D eigenvalue weighted by atomic mass is 16.7. The normalized spacial score (nSPS) is 9.07. The second-order valence-corrected chi connectivity index (χ2v) is 2.93. The van der Waals surface area contributed by atoms with Crippen LogP contribution in [-0.4, -0.2) is 0 Å². The average Bonchev–Trinajstić information content (AvgIpc) is 2.29. The van der Waals surface area contributed by atoms with Crippen molar-refractivity contribution in [2.45, 2.75) is 13.3 Å². The summed E-state index contributed by atoms with van der Waals surface area (Å²) in [6, 6.07) is 8.90. The number of hydrazine groups is 1. The molecule has 4 heteroatoms. The van der Waals surface area contributed by atoms with Crippen molar-refractivity contribution >= 4 is 0 Å². The van der Waals surface area contributed by atoms with Crippen LogP contribution in [0.15, 0.2) is 36.5 Å². The van der Waals surface area contributed by atoms with Crippen molar-refractivity contribution in [3.63, 3.8) is 0 Å². The van der Waals surface area contributed by atoms with Crippen LogP contribution in [0.1, 0.15) is 18.9 Å². The molecule has 4 nitrogen and oxygen atoms in total. The highest BCUT2D eigenvalue weighted by Crippen LogP contribution is 2.10. The lowest BCUT2D eigenvalue weighted by molar-refractivity contribution is 0.161. The summed E-state index contributed by atoms with van der Waals surface area (Å²) < 4.78 is 0. The summed E-state index contributed by atoms with van der Waals surface area (Å²) in [5.41, 5.74) is 6.70. The van der Waals surface area contributed by atoms with Gasteiger partial charge in [-0.1, -0.05) is 25.2 Å². The smallest absolute Gasteiger partial charge is 0.150 e. The van der Waals surface area contributed by atoms with Gasteiger partial charge in [0.25, 0.3) is 0 Å². The van der Waals surface area contributed by atoms with Crippen LogP contribution in [0.2, 0.25) is 0 Å². The van der Waals surface area contributed by atoms with Gasteiger partial charge in [0.05, 0.1) is 11.6 Å². The average molecular weight is 203 g/mol.